The first-order chi connectivity index (χ1) is 9.79. The molecule has 114 valence electrons. The van der Waals surface area contributed by atoms with Crippen molar-refractivity contribution in [1.29, 1.82) is 0 Å². The van der Waals surface area contributed by atoms with Crippen LogP contribution in [-0.2, 0) is 16.6 Å². The molecule has 0 saturated carbocycles. The molecule has 1 unspecified atom stereocenters. The molecule has 9 heteroatoms. The van der Waals surface area contributed by atoms with Gasteiger partial charge in [-0.3, -0.25) is 0 Å². The molecule has 1 aromatic heterocycles. The summed E-state index contributed by atoms with van der Waals surface area (Å²) in [5.41, 5.74) is 5.73. The van der Waals surface area contributed by atoms with Crippen molar-refractivity contribution >= 4 is 38.9 Å². The van der Waals surface area contributed by atoms with E-state index >= 15 is 0 Å². The molecule has 0 saturated heterocycles. The van der Waals surface area contributed by atoms with Crippen LogP contribution in [0.15, 0.2) is 35.7 Å². The molecular weight excluding hydrogens is 335 g/mol. The third-order valence-corrected chi connectivity index (χ3v) is 5.04. The van der Waals surface area contributed by atoms with E-state index in [0.717, 1.165) is 0 Å². The number of sulfonamides is 1. The number of anilines is 1. The number of nitrogens with zero attached hydrogens (tertiary/aromatic N) is 2. The Balaban J connectivity index is 2.22. The number of nitrogens with one attached hydrogen (secondary N) is 1. The van der Waals surface area contributed by atoms with Gasteiger partial charge in [0.1, 0.15) is 4.90 Å². The van der Waals surface area contributed by atoms with Crippen molar-refractivity contribution in [2.45, 2.75) is 24.4 Å². The number of benzene rings is 1. The summed E-state index contributed by atoms with van der Waals surface area (Å²) in [6.45, 7) is 2.17. The van der Waals surface area contributed by atoms with Crippen LogP contribution in [-0.4, -0.2) is 24.0 Å². The summed E-state index contributed by atoms with van der Waals surface area (Å²) in [6, 6.07) is 2.33. The van der Waals surface area contributed by atoms with Crippen molar-refractivity contribution in [3.63, 3.8) is 0 Å². The van der Waals surface area contributed by atoms with Gasteiger partial charge in [-0.25, -0.2) is 18.1 Å². The van der Waals surface area contributed by atoms with Crippen molar-refractivity contribution in [2.24, 2.45) is 0 Å². The fraction of sp³-hybridized carbons (Fsp3) is 0.250. The molecular formula is C12H14Cl2N4O2S. The molecule has 2 aromatic rings. The summed E-state index contributed by atoms with van der Waals surface area (Å²) in [5, 5.41) is 0.269. The summed E-state index contributed by atoms with van der Waals surface area (Å²) in [7, 11) is -3.84. The van der Waals surface area contributed by atoms with Gasteiger partial charge >= 0.3 is 0 Å². The minimum atomic E-state index is -3.84. The second-order valence-corrected chi connectivity index (χ2v) is 7.08. The first-order valence-corrected chi connectivity index (χ1v) is 8.26. The van der Waals surface area contributed by atoms with E-state index in [0.29, 0.717) is 6.54 Å². The smallest absolute Gasteiger partial charge is 0.244 e. The lowest BCUT2D eigenvalue weighted by Gasteiger charge is -2.16. The first kappa shape index (κ1) is 16.1. The number of hydrogen-bond donors (Lipinski definition) is 2. The first-order valence-electron chi connectivity index (χ1n) is 6.02. The van der Waals surface area contributed by atoms with Crippen molar-refractivity contribution in [2.75, 3.05) is 5.73 Å². The summed E-state index contributed by atoms with van der Waals surface area (Å²) in [4.78, 5) is 3.74. The number of nitrogen functional groups attached to an aromatic ring is 1. The summed E-state index contributed by atoms with van der Waals surface area (Å²) in [5.74, 6) is 0. The van der Waals surface area contributed by atoms with Crippen molar-refractivity contribution in [3.8, 4) is 0 Å². The van der Waals surface area contributed by atoms with Crippen molar-refractivity contribution in [3.05, 3.63) is 40.9 Å². The molecule has 3 N–H and O–H groups in total. The van der Waals surface area contributed by atoms with Gasteiger partial charge in [-0.1, -0.05) is 23.2 Å². The van der Waals surface area contributed by atoms with E-state index < -0.39 is 10.0 Å². The lowest BCUT2D eigenvalue weighted by atomic mass is 10.3. The molecule has 0 radical (unpaired) electrons. The highest BCUT2D eigenvalue weighted by molar-refractivity contribution is 7.89. The van der Waals surface area contributed by atoms with Gasteiger partial charge in [0.15, 0.2) is 0 Å². The number of imidazole rings is 1. The maximum absolute atomic E-state index is 12.4. The lowest BCUT2D eigenvalue weighted by molar-refractivity contribution is 0.520. The maximum Gasteiger partial charge on any atom is 0.244 e. The Labute approximate surface area is 132 Å². The van der Waals surface area contributed by atoms with Crippen LogP contribution in [0.25, 0.3) is 0 Å². The average Bonchev–Trinajstić information content (AvgIpc) is 2.78. The number of nitrogens with two attached hydrogens (primary N) is 1. The second-order valence-electron chi connectivity index (χ2n) is 4.59. The van der Waals surface area contributed by atoms with E-state index in [4.69, 9.17) is 28.9 Å². The number of halogens is 2. The Hall–Kier alpha value is -1.28. The topological polar surface area (TPSA) is 90.0 Å². The molecule has 0 fully saturated rings. The molecule has 0 aliphatic rings. The molecule has 21 heavy (non-hydrogen) atoms. The largest absolute Gasteiger partial charge is 0.398 e. The minimum absolute atomic E-state index is 0.00910. The zero-order chi connectivity index (χ0) is 15.6. The summed E-state index contributed by atoms with van der Waals surface area (Å²) >= 11 is 11.7. The van der Waals surface area contributed by atoms with E-state index in [-0.39, 0.29) is 26.7 Å². The molecule has 0 amide bonds. The summed E-state index contributed by atoms with van der Waals surface area (Å²) in [6.07, 6.45) is 4.97. The van der Waals surface area contributed by atoms with Gasteiger partial charge in [0.2, 0.25) is 10.0 Å². The Kier molecular flexibility index (Phi) is 4.77. The van der Waals surface area contributed by atoms with E-state index in [1.165, 1.54) is 12.1 Å². The van der Waals surface area contributed by atoms with Crippen LogP contribution < -0.4 is 10.5 Å². The zero-order valence-electron chi connectivity index (χ0n) is 11.1. The van der Waals surface area contributed by atoms with Crippen molar-refractivity contribution in [1.82, 2.24) is 14.3 Å². The molecule has 0 aliphatic carbocycles. The summed E-state index contributed by atoms with van der Waals surface area (Å²) < 4.78 is 29.1. The van der Waals surface area contributed by atoms with Crippen LogP contribution >= 0.6 is 23.2 Å². The van der Waals surface area contributed by atoms with Crippen LogP contribution in [0.2, 0.25) is 10.0 Å². The normalized spacial score (nSPS) is 13.3. The van der Waals surface area contributed by atoms with Gasteiger partial charge in [0, 0.05) is 30.0 Å². The number of hydrogen-bond acceptors (Lipinski definition) is 4. The van der Waals surface area contributed by atoms with Gasteiger partial charge in [-0.15, -0.1) is 0 Å². The van der Waals surface area contributed by atoms with Gasteiger partial charge in [0.05, 0.1) is 17.0 Å². The third kappa shape index (κ3) is 3.88. The SMILES string of the molecule is CC(Cn1ccnc1)NS(=O)(=O)c1c(N)cc(Cl)cc1Cl. The third-order valence-electron chi connectivity index (χ3n) is 2.71. The minimum Gasteiger partial charge on any atom is -0.398 e. The van der Waals surface area contributed by atoms with Crippen LogP contribution in [0, 0.1) is 0 Å². The van der Waals surface area contributed by atoms with E-state index in [1.807, 2.05) is 0 Å². The van der Waals surface area contributed by atoms with E-state index in [9.17, 15) is 8.42 Å². The molecule has 1 aromatic carbocycles. The second kappa shape index (κ2) is 6.23. The lowest BCUT2D eigenvalue weighted by Crippen LogP contribution is -2.36. The van der Waals surface area contributed by atoms with Gasteiger partial charge < -0.3 is 10.3 Å². The fourth-order valence-electron chi connectivity index (χ4n) is 1.94. The Morgan fingerprint density at radius 3 is 2.71 bits per heavy atom. The van der Waals surface area contributed by atoms with Crippen LogP contribution in [0.5, 0.6) is 0 Å². The molecule has 1 atom stereocenters. The average molecular weight is 349 g/mol. The van der Waals surface area contributed by atoms with E-state index in [2.05, 4.69) is 9.71 Å². The Morgan fingerprint density at radius 1 is 1.43 bits per heavy atom. The van der Waals surface area contributed by atoms with Crippen LogP contribution in [0.3, 0.4) is 0 Å². The predicted molar refractivity (Wildman–Crippen MR) is 82.9 cm³/mol. The highest BCUT2D eigenvalue weighted by atomic mass is 35.5. The molecule has 1 heterocycles. The fourth-order valence-corrected chi connectivity index (χ4v) is 4.16. The molecule has 0 spiro atoms. The molecule has 0 bridgehead atoms. The van der Waals surface area contributed by atoms with Crippen molar-refractivity contribution < 1.29 is 8.42 Å². The number of rotatable bonds is 5. The zero-order valence-corrected chi connectivity index (χ0v) is 13.5. The van der Waals surface area contributed by atoms with Gasteiger partial charge in [-0.2, -0.15) is 0 Å². The predicted octanol–water partition coefficient (Wildman–Crippen LogP) is 2.14. The van der Waals surface area contributed by atoms with Crippen LogP contribution in [0.1, 0.15) is 6.92 Å². The monoisotopic (exact) mass is 348 g/mol. The van der Waals surface area contributed by atoms with E-state index in [1.54, 1.807) is 30.2 Å². The molecule has 6 nitrogen and oxygen atoms in total. The Morgan fingerprint density at radius 2 is 2.14 bits per heavy atom. The highest BCUT2D eigenvalue weighted by Gasteiger charge is 2.24. The Bertz CT molecular complexity index is 709. The van der Waals surface area contributed by atoms with Gasteiger partial charge in [0.25, 0.3) is 0 Å². The molecule has 0 aliphatic heterocycles. The maximum atomic E-state index is 12.4. The highest BCUT2D eigenvalue weighted by Crippen LogP contribution is 2.31. The van der Waals surface area contributed by atoms with Crippen LogP contribution in [0.4, 0.5) is 5.69 Å². The van der Waals surface area contributed by atoms with Gasteiger partial charge in [-0.05, 0) is 19.1 Å². The number of aromatic nitrogens is 2. The molecule has 2 rings (SSSR count). The standard InChI is InChI=1S/C12H14Cl2N4O2S/c1-8(6-18-3-2-16-7-18)17-21(19,20)12-10(14)4-9(13)5-11(12)15/h2-5,7-8,17H,6,15H2,1H3. The quantitative estimate of drug-likeness (QED) is 0.810.